The fraction of sp³-hybridized carbons (Fsp3) is 0.571. The first-order valence-corrected chi connectivity index (χ1v) is 17.4. The minimum atomic E-state index is -0.768. The quantitative estimate of drug-likeness (QED) is 0.496. The van der Waals surface area contributed by atoms with E-state index in [0.29, 0.717) is 52.4 Å². The van der Waals surface area contributed by atoms with E-state index in [1.54, 1.807) is 40.1 Å². The van der Waals surface area contributed by atoms with E-state index in [1.165, 1.54) is 6.07 Å². The molecule has 0 aliphatic carbocycles. The molecular weight excluding hydrogens is 607 g/mol. The maximum absolute atomic E-state index is 15.0. The van der Waals surface area contributed by atoms with Crippen molar-refractivity contribution in [1.29, 1.82) is 0 Å². The molecule has 2 aromatic rings. The molecule has 11 heteroatoms. The number of nitrogens with zero attached hydrogens (tertiary/aromatic N) is 4. The SMILES string of the molecule is O=C([C@@H]1CCCN1C1CCNCC1)N1CCN2C(=O)c3cc(-c4ccc(Cl)cc4F)ccc3N(CCC3CCNCC3)C(=O)[C@H]2C1. The molecule has 2 aromatic carbocycles. The number of halogens is 2. The van der Waals surface area contributed by atoms with Gasteiger partial charge >= 0.3 is 0 Å². The van der Waals surface area contributed by atoms with Crippen molar-refractivity contribution in [2.45, 2.75) is 63.1 Å². The van der Waals surface area contributed by atoms with E-state index in [9.17, 15) is 18.8 Å². The lowest BCUT2D eigenvalue weighted by atomic mass is 9.94. The van der Waals surface area contributed by atoms with Gasteiger partial charge in [0.15, 0.2) is 0 Å². The number of rotatable bonds is 6. The Balaban J connectivity index is 1.17. The van der Waals surface area contributed by atoms with Crippen molar-refractivity contribution in [2.24, 2.45) is 5.92 Å². The number of hydrogen-bond acceptors (Lipinski definition) is 6. The van der Waals surface area contributed by atoms with Gasteiger partial charge in [0.25, 0.3) is 11.8 Å². The molecule has 0 radical (unpaired) electrons. The van der Waals surface area contributed by atoms with Crippen molar-refractivity contribution in [3.8, 4) is 11.1 Å². The molecule has 0 bridgehead atoms. The summed E-state index contributed by atoms with van der Waals surface area (Å²) in [6.07, 6.45) is 6.84. The number of benzene rings is 2. The molecule has 0 unspecified atom stereocenters. The molecule has 2 N–H and O–H groups in total. The van der Waals surface area contributed by atoms with Crippen LogP contribution in [-0.4, -0.2) is 109 Å². The molecule has 5 aliphatic heterocycles. The minimum absolute atomic E-state index is 0.0828. The molecule has 5 heterocycles. The van der Waals surface area contributed by atoms with Gasteiger partial charge in [0.05, 0.1) is 23.8 Å². The number of piperazine rings is 1. The average Bonchev–Trinajstić information content (AvgIpc) is 3.56. The van der Waals surface area contributed by atoms with Crippen LogP contribution in [0.3, 0.4) is 0 Å². The highest BCUT2D eigenvalue weighted by Gasteiger charge is 2.46. The Morgan fingerprint density at radius 3 is 2.41 bits per heavy atom. The third-order valence-electron chi connectivity index (χ3n) is 10.8. The zero-order valence-corrected chi connectivity index (χ0v) is 27.1. The molecular formula is C35H44ClFN6O3. The van der Waals surface area contributed by atoms with Crippen molar-refractivity contribution in [2.75, 3.05) is 63.8 Å². The molecule has 2 atom stereocenters. The van der Waals surface area contributed by atoms with Crippen LogP contribution in [0, 0.1) is 11.7 Å². The summed E-state index contributed by atoms with van der Waals surface area (Å²) in [5.74, 6) is -0.297. The van der Waals surface area contributed by atoms with Crippen LogP contribution < -0.4 is 15.5 Å². The van der Waals surface area contributed by atoms with Crippen LogP contribution in [0.15, 0.2) is 36.4 Å². The van der Waals surface area contributed by atoms with E-state index in [4.69, 9.17) is 11.6 Å². The number of carbonyl (C=O) groups excluding carboxylic acids is 3. The molecule has 0 aromatic heterocycles. The van der Waals surface area contributed by atoms with Crippen molar-refractivity contribution in [3.05, 3.63) is 52.8 Å². The van der Waals surface area contributed by atoms with Crippen molar-refractivity contribution < 1.29 is 18.8 Å². The van der Waals surface area contributed by atoms with Crippen molar-refractivity contribution in [3.63, 3.8) is 0 Å². The third-order valence-corrected chi connectivity index (χ3v) is 11.1. The zero-order valence-electron chi connectivity index (χ0n) is 26.4. The first kappa shape index (κ1) is 31.5. The number of nitrogens with one attached hydrogen (secondary N) is 2. The van der Waals surface area contributed by atoms with Crippen molar-refractivity contribution >= 4 is 35.0 Å². The summed E-state index contributed by atoms with van der Waals surface area (Å²) < 4.78 is 15.0. The normalized spacial score (nSPS) is 25.0. The Kier molecular flexibility index (Phi) is 9.32. The first-order valence-electron chi connectivity index (χ1n) is 17.1. The van der Waals surface area contributed by atoms with Crippen LogP contribution in [0.1, 0.15) is 55.3 Å². The van der Waals surface area contributed by atoms with Crippen LogP contribution in [0.4, 0.5) is 10.1 Å². The minimum Gasteiger partial charge on any atom is -0.337 e. The number of amides is 3. The molecule has 4 saturated heterocycles. The summed E-state index contributed by atoms with van der Waals surface area (Å²) in [5.41, 5.74) is 1.85. The Morgan fingerprint density at radius 2 is 1.65 bits per heavy atom. The Bertz CT molecular complexity index is 1480. The molecule has 9 nitrogen and oxygen atoms in total. The third kappa shape index (κ3) is 6.17. The molecule has 246 valence electrons. The van der Waals surface area contributed by atoms with Gasteiger partial charge in [-0.1, -0.05) is 17.7 Å². The van der Waals surface area contributed by atoms with Gasteiger partial charge in [0.1, 0.15) is 11.9 Å². The zero-order chi connectivity index (χ0) is 31.8. The summed E-state index contributed by atoms with van der Waals surface area (Å²) in [4.78, 5) is 50.5. The lowest BCUT2D eigenvalue weighted by Gasteiger charge is -2.43. The van der Waals surface area contributed by atoms with E-state index in [0.717, 1.165) is 77.7 Å². The summed E-state index contributed by atoms with van der Waals surface area (Å²) in [5, 5.41) is 7.13. The fourth-order valence-electron chi connectivity index (χ4n) is 8.28. The highest BCUT2D eigenvalue weighted by molar-refractivity contribution is 6.30. The topological polar surface area (TPSA) is 88.2 Å². The lowest BCUT2D eigenvalue weighted by molar-refractivity contribution is -0.141. The summed E-state index contributed by atoms with van der Waals surface area (Å²) in [6.45, 7) is 6.15. The Hall–Kier alpha value is -3.05. The van der Waals surface area contributed by atoms with Crippen LogP contribution in [0.25, 0.3) is 11.1 Å². The predicted molar refractivity (Wildman–Crippen MR) is 176 cm³/mol. The van der Waals surface area contributed by atoms with Crippen molar-refractivity contribution in [1.82, 2.24) is 25.3 Å². The van der Waals surface area contributed by atoms with Crippen LogP contribution >= 0.6 is 11.6 Å². The second-order valence-electron chi connectivity index (χ2n) is 13.5. The predicted octanol–water partition coefficient (Wildman–Crippen LogP) is 3.75. The lowest BCUT2D eigenvalue weighted by Crippen LogP contribution is -2.63. The van der Waals surface area contributed by atoms with Gasteiger partial charge in [-0.25, -0.2) is 4.39 Å². The molecule has 5 aliphatic rings. The van der Waals surface area contributed by atoms with E-state index in [-0.39, 0.29) is 36.9 Å². The number of anilines is 1. The summed E-state index contributed by atoms with van der Waals surface area (Å²) in [7, 11) is 0. The molecule has 7 rings (SSSR count). The molecule has 0 saturated carbocycles. The Morgan fingerprint density at radius 1 is 0.891 bits per heavy atom. The standard InChI is InChI=1S/C35H44ClFN6O3/c36-25-4-5-27(29(37)21-25)24-3-6-30-28(20-24)33(44)43-19-18-40(34(45)31-2-1-16-41(31)26-9-14-39-15-10-26)22-32(43)35(46)42(30)17-11-23-7-12-38-13-8-23/h3-6,20-21,23,26,31-32,38-39H,1-2,7-19,22H2/t31-,32+/m0/s1. The van der Waals surface area contributed by atoms with Crippen LogP contribution in [0.2, 0.25) is 5.02 Å². The summed E-state index contributed by atoms with van der Waals surface area (Å²) >= 11 is 6.02. The number of piperidine rings is 2. The summed E-state index contributed by atoms with van der Waals surface area (Å²) in [6, 6.07) is 9.25. The molecule has 4 fully saturated rings. The second-order valence-corrected chi connectivity index (χ2v) is 13.9. The van der Waals surface area contributed by atoms with Gasteiger partial charge in [-0.3, -0.25) is 19.3 Å². The molecule has 0 spiro atoms. The smallest absolute Gasteiger partial charge is 0.256 e. The monoisotopic (exact) mass is 650 g/mol. The number of hydrogen-bond donors (Lipinski definition) is 2. The molecule has 3 amide bonds. The van der Waals surface area contributed by atoms with Crippen LogP contribution in [-0.2, 0) is 9.59 Å². The fourth-order valence-corrected chi connectivity index (χ4v) is 8.44. The van der Waals surface area contributed by atoms with E-state index in [1.807, 2.05) is 4.90 Å². The Labute approximate surface area is 275 Å². The van der Waals surface area contributed by atoms with E-state index >= 15 is 0 Å². The first-order chi connectivity index (χ1) is 22.4. The van der Waals surface area contributed by atoms with Gasteiger partial charge in [-0.15, -0.1) is 0 Å². The highest BCUT2D eigenvalue weighted by atomic mass is 35.5. The van der Waals surface area contributed by atoms with Crippen LogP contribution in [0.5, 0.6) is 0 Å². The number of likely N-dealkylation sites (tertiary alicyclic amines) is 1. The van der Waals surface area contributed by atoms with Gasteiger partial charge in [0.2, 0.25) is 5.91 Å². The maximum atomic E-state index is 15.0. The maximum Gasteiger partial charge on any atom is 0.256 e. The average molecular weight is 651 g/mol. The van der Waals surface area contributed by atoms with Gasteiger partial charge in [0, 0.05) is 36.3 Å². The largest absolute Gasteiger partial charge is 0.337 e. The number of carbonyl (C=O) groups is 3. The van der Waals surface area contributed by atoms with E-state index in [2.05, 4.69) is 15.5 Å². The highest BCUT2D eigenvalue weighted by Crippen LogP contribution is 2.36. The van der Waals surface area contributed by atoms with E-state index < -0.39 is 11.9 Å². The van der Waals surface area contributed by atoms with Gasteiger partial charge < -0.3 is 25.3 Å². The molecule has 46 heavy (non-hydrogen) atoms. The number of fused-ring (bicyclic) bond motifs is 2. The van der Waals surface area contributed by atoms with Gasteiger partial charge in [-0.05, 0) is 119 Å². The van der Waals surface area contributed by atoms with Gasteiger partial charge in [-0.2, -0.15) is 0 Å². The second kappa shape index (κ2) is 13.6.